The van der Waals surface area contributed by atoms with Gasteiger partial charge in [0.2, 0.25) is 0 Å². The highest BCUT2D eigenvalue weighted by Crippen LogP contribution is 2.36. The van der Waals surface area contributed by atoms with Crippen molar-refractivity contribution in [1.29, 1.82) is 0 Å². The molecule has 0 aliphatic heterocycles. The van der Waals surface area contributed by atoms with Gasteiger partial charge >= 0.3 is 0 Å². The SMILES string of the molecule is CS(=O)(=O)c1ccc(-c2cc(-c3ccc(F)cc3)c3oc(CN)cc3c2)cc1. The smallest absolute Gasteiger partial charge is 0.175 e. The predicted octanol–water partition coefficient (Wildman–Crippen LogP) is 4.77. The summed E-state index contributed by atoms with van der Waals surface area (Å²) >= 11 is 0. The molecule has 0 spiro atoms. The fourth-order valence-corrected chi connectivity index (χ4v) is 3.84. The number of nitrogens with two attached hydrogens (primary N) is 1. The van der Waals surface area contributed by atoms with E-state index in [9.17, 15) is 12.8 Å². The highest BCUT2D eigenvalue weighted by molar-refractivity contribution is 7.90. The van der Waals surface area contributed by atoms with Crippen LogP contribution in [0, 0.1) is 5.82 Å². The minimum absolute atomic E-state index is 0.268. The number of hydrogen-bond acceptors (Lipinski definition) is 4. The van der Waals surface area contributed by atoms with Gasteiger partial charge in [-0.3, -0.25) is 0 Å². The molecule has 0 unspecified atom stereocenters. The molecule has 1 heterocycles. The maximum atomic E-state index is 13.4. The minimum atomic E-state index is -3.26. The van der Waals surface area contributed by atoms with Crippen molar-refractivity contribution in [2.45, 2.75) is 11.4 Å². The molecule has 0 aliphatic rings. The van der Waals surface area contributed by atoms with Gasteiger partial charge in [0.1, 0.15) is 17.2 Å². The summed E-state index contributed by atoms with van der Waals surface area (Å²) in [6.07, 6.45) is 1.18. The summed E-state index contributed by atoms with van der Waals surface area (Å²) in [5, 5.41) is 0.879. The lowest BCUT2D eigenvalue weighted by Gasteiger charge is -2.09. The summed E-state index contributed by atoms with van der Waals surface area (Å²) in [5.74, 6) is 0.345. The van der Waals surface area contributed by atoms with Crippen LogP contribution in [0.5, 0.6) is 0 Å². The van der Waals surface area contributed by atoms with Gasteiger partial charge in [-0.2, -0.15) is 0 Å². The molecule has 0 amide bonds. The molecule has 3 aromatic carbocycles. The second-order valence-electron chi connectivity index (χ2n) is 6.66. The standard InChI is InChI=1S/C22H18FNO3S/c1-28(25,26)20-8-4-14(5-9-20)16-10-17-11-19(13-24)27-22(17)21(12-16)15-2-6-18(23)7-3-15/h2-12H,13,24H2,1H3. The number of furan rings is 1. The Morgan fingerprint density at radius 2 is 1.54 bits per heavy atom. The minimum Gasteiger partial charge on any atom is -0.459 e. The second-order valence-corrected chi connectivity index (χ2v) is 8.68. The van der Waals surface area contributed by atoms with Crippen molar-refractivity contribution in [2.75, 3.05) is 6.26 Å². The molecule has 0 saturated heterocycles. The molecule has 0 radical (unpaired) electrons. The van der Waals surface area contributed by atoms with Crippen LogP contribution in [-0.4, -0.2) is 14.7 Å². The number of benzene rings is 3. The van der Waals surface area contributed by atoms with E-state index in [4.69, 9.17) is 10.2 Å². The molecular weight excluding hydrogens is 377 g/mol. The third-order valence-electron chi connectivity index (χ3n) is 4.64. The first-order chi connectivity index (χ1) is 13.3. The van der Waals surface area contributed by atoms with Gasteiger partial charge in [-0.05, 0) is 59.2 Å². The van der Waals surface area contributed by atoms with Crippen LogP contribution in [0.15, 0.2) is 76.0 Å². The van der Waals surface area contributed by atoms with Crippen LogP contribution in [-0.2, 0) is 16.4 Å². The number of halogens is 1. The quantitative estimate of drug-likeness (QED) is 0.540. The van der Waals surface area contributed by atoms with Gasteiger partial charge in [0.05, 0.1) is 11.4 Å². The number of rotatable bonds is 4. The Labute approximate surface area is 162 Å². The van der Waals surface area contributed by atoms with E-state index in [-0.39, 0.29) is 17.3 Å². The average molecular weight is 395 g/mol. The van der Waals surface area contributed by atoms with Gasteiger partial charge in [0.15, 0.2) is 9.84 Å². The molecule has 6 heteroatoms. The van der Waals surface area contributed by atoms with Crippen LogP contribution in [0.25, 0.3) is 33.2 Å². The van der Waals surface area contributed by atoms with Gasteiger partial charge in [0, 0.05) is 17.2 Å². The largest absolute Gasteiger partial charge is 0.459 e. The van der Waals surface area contributed by atoms with E-state index >= 15 is 0 Å². The highest BCUT2D eigenvalue weighted by atomic mass is 32.2. The Morgan fingerprint density at radius 1 is 0.893 bits per heavy atom. The van der Waals surface area contributed by atoms with Crippen LogP contribution in [0.2, 0.25) is 0 Å². The van der Waals surface area contributed by atoms with Crippen molar-refractivity contribution >= 4 is 20.8 Å². The monoisotopic (exact) mass is 395 g/mol. The van der Waals surface area contributed by atoms with Crippen molar-refractivity contribution < 1.29 is 17.2 Å². The van der Waals surface area contributed by atoms with E-state index in [0.717, 1.165) is 27.6 Å². The van der Waals surface area contributed by atoms with Gasteiger partial charge in [-0.15, -0.1) is 0 Å². The Hall–Kier alpha value is -2.96. The number of hydrogen-bond donors (Lipinski definition) is 1. The molecule has 4 nitrogen and oxygen atoms in total. The normalized spacial score (nSPS) is 11.8. The Balaban J connectivity index is 1.91. The number of sulfone groups is 1. The molecule has 0 saturated carbocycles. The molecule has 0 atom stereocenters. The molecule has 0 bridgehead atoms. The molecule has 2 N–H and O–H groups in total. The highest BCUT2D eigenvalue weighted by Gasteiger charge is 2.14. The van der Waals surface area contributed by atoms with E-state index in [1.165, 1.54) is 18.4 Å². The van der Waals surface area contributed by atoms with E-state index in [1.807, 2.05) is 18.2 Å². The molecule has 28 heavy (non-hydrogen) atoms. The van der Waals surface area contributed by atoms with Gasteiger partial charge in [-0.25, -0.2) is 12.8 Å². The fourth-order valence-electron chi connectivity index (χ4n) is 3.21. The fraction of sp³-hybridized carbons (Fsp3) is 0.0909. The van der Waals surface area contributed by atoms with E-state index in [1.54, 1.807) is 36.4 Å². The van der Waals surface area contributed by atoms with Crippen molar-refractivity contribution in [3.8, 4) is 22.3 Å². The molecule has 1 aromatic heterocycles. The van der Waals surface area contributed by atoms with Crippen LogP contribution in [0.3, 0.4) is 0 Å². The lowest BCUT2D eigenvalue weighted by Crippen LogP contribution is -1.96. The maximum absolute atomic E-state index is 13.4. The molecule has 0 fully saturated rings. The lowest BCUT2D eigenvalue weighted by atomic mass is 9.97. The first-order valence-corrected chi connectivity index (χ1v) is 10.6. The van der Waals surface area contributed by atoms with Crippen LogP contribution >= 0.6 is 0 Å². The van der Waals surface area contributed by atoms with Crippen LogP contribution < -0.4 is 5.73 Å². The summed E-state index contributed by atoms with van der Waals surface area (Å²) in [6, 6.07) is 18.7. The first kappa shape index (κ1) is 18.4. The summed E-state index contributed by atoms with van der Waals surface area (Å²) in [6.45, 7) is 0.274. The Bertz CT molecular complexity index is 1260. The third-order valence-corrected chi connectivity index (χ3v) is 5.77. The molecule has 142 valence electrons. The van der Waals surface area contributed by atoms with Gasteiger partial charge < -0.3 is 10.2 Å². The summed E-state index contributed by atoms with van der Waals surface area (Å²) < 4.78 is 42.7. The van der Waals surface area contributed by atoms with Gasteiger partial charge in [-0.1, -0.05) is 24.3 Å². The van der Waals surface area contributed by atoms with Crippen molar-refractivity contribution in [3.63, 3.8) is 0 Å². The van der Waals surface area contributed by atoms with E-state index < -0.39 is 9.84 Å². The number of fused-ring (bicyclic) bond motifs is 1. The Morgan fingerprint density at radius 3 is 2.14 bits per heavy atom. The topological polar surface area (TPSA) is 73.3 Å². The second kappa shape index (κ2) is 6.89. The van der Waals surface area contributed by atoms with E-state index in [2.05, 4.69) is 0 Å². The van der Waals surface area contributed by atoms with Crippen molar-refractivity contribution in [1.82, 2.24) is 0 Å². The van der Waals surface area contributed by atoms with Crippen LogP contribution in [0.4, 0.5) is 4.39 Å². The Kier molecular flexibility index (Phi) is 4.53. The van der Waals surface area contributed by atoms with Crippen LogP contribution in [0.1, 0.15) is 5.76 Å². The summed E-state index contributed by atoms with van der Waals surface area (Å²) in [7, 11) is -3.26. The molecule has 4 rings (SSSR count). The molecule has 0 aliphatic carbocycles. The predicted molar refractivity (Wildman–Crippen MR) is 108 cm³/mol. The maximum Gasteiger partial charge on any atom is 0.175 e. The molecule has 4 aromatic rings. The third kappa shape index (κ3) is 3.44. The first-order valence-electron chi connectivity index (χ1n) is 8.68. The zero-order valence-electron chi connectivity index (χ0n) is 15.1. The zero-order chi connectivity index (χ0) is 19.9. The molecular formula is C22H18FNO3S. The zero-order valence-corrected chi connectivity index (χ0v) is 16.0. The van der Waals surface area contributed by atoms with E-state index in [0.29, 0.717) is 11.3 Å². The summed E-state index contributed by atoms with van der Waals surface area (Å²) in [4.78, 5) is 0.268. The van der Waals surface area contributed by atoms with Crippen molar-refractivity contribution in [3.05, 3.63) is 78.3 Å². The summed E-state index contributed by atoms with van der Waals surface area (Å²) in [5.41, 5.74) is 9.82. The van der Waals surface area contributed by atoms with Gasteiger partial charge in [0.25, 0.3) is 0 Å². The average Bonchev–Trinajstić information content (AvgIpc) is 3.11. The lowest BCUT2D eigenvalue weighted by molar-refractivity contribution is 0.553. The van der Waals surface area contributed by atoms with Crippen molar-refractivity contribution in [2.24, 2.45) is 5.73 Å².